The van der Waals surface area contributed by atoms with Gasteiger partial charge in [0.05, 0.1) is 10.5 Å². The van der Waals surface area contributed by atoms with Gasteiger partial charge >= 0.3 is 0 Å². The zero-order valence-corrected chi connectivity index (χ0v) is 9.60. The minimum absolute atomic E-state index is 0.0924. The Kier molecular flexibility index (Phi) is 2.25. The van der Waals surface area contributed by atoms with Gasteiger partial charge in [-0.3, -0.25) is 4.79 Å². The summed E-state index contributed by atoms with van der Waals surface area (Å²) in [5.41, 5.74) is 3.26. The first-order chi connectivity index (χ1) is 7.75. The summed E-state index contributed by atoms with van der Waals surface area (Å²) in [6.45, 7) is 0. The third-order valence-electron chi connectivity index (χ3n) is 3.28. The van der Waals surface area contributed by atoms with Gasteiger partial charge in [0.2, 0.25) is 5.56 Å². The van der Waals surface area contributed by atoms with Crippen LogP contribution in [0.1, 0.15) is 24.0 Å². The molecule has 0 atom stereocenters. The van der Waals surface area contributed by atoms with E-state index in [1.807, 2.05) is 6.07 Å². The van der Waals surface area contributed by atoms with Crippen LogP contribution in [-0.4, -0.2) is 4.98 Å². The maximum absolute atomic E-state index is 11.3. The molecule has 1 N–H and O–H groups in total. The Balaban J connectivity index is 2.39. The fourth-order valence-corrected chi connectivity index (χ4v) is 2.84. The van der Waals surface area contributed by atoms with E-state index in [2.05, 4.69) is 11.1 Å². The summed E-state index contributed by atoms with van der Waals surface area (Å²) in [5.74, 6) is 0. The van der Waals surface area contributed by atoms with Crippen LogP contribution in [0.25, 0.3) is 10.9 Å². The van der Waals surface area contributed by atoms with Gasteiger partial charge in [0.15, 0.2) is 0 Å². The molecule has 1 aromatic carbocycles. The molecule has 0 unspecified atom stereocenters. The molecule has 1 aromatic heterocycles. The van der Waals surface area contributed by atoms with Crippen LogP contribution < -0.4 is 5.56 Å². The van der Waals surface area contributed by atoms with Crippen molar-refractivity contribution >= 4 is 22.5 Å². The Bertz CT molecular complexity index is 615. The summed E-state index contributed by atoms with van der Waals surface area (Å²) in [7, 11) is 0. The SMILES string of the molecule is O=c1ccc2cc3c(c(Cl)c2[nH]1)CCCC3. The lowest BCUT2D eigenvalue weighted by Gasteiger charge is -2.18. The van der Waals surface area contributed by atoms with Crippen molar-refractivity contribution in [3.63, 3.8) is 0 Å². The predicted molar refractivity (Wildman–Crippen MR) is 66.2 cm³/mol. The van der Waals surface area contributed by atoms with Gasteiger partial charge in [-0.1, -0.05) is 11.6 Å². The summed E-state index contributed by atoms with van der Waals surface area (Å²) in [6, 6.07) is 5.55. The lowest BCUT2D eigenvalue weighted by Crippen LogP contribution is -2.07. The standard InChI is InChI=1S/C13H12ClNO/c14-12-10-4-2-1-3-8(10)7-9-5-6-11(16)15-13(9)12/h5-7H,1-4H2,(H,15,16). The number of fused-ring (bicyclic) bond motifs is 2. The molecule has 0 radical (unpaired) electrons. The highest BCUT2D eigenvalue weighted by Crippen LogP contribution is 2.33. The fraction of sp³-hybridized carbons (Fsp3) is 0.308. The van der Waals surface area contributed by atoms with Crippen molar-refractivity contribution in [1.29, 1.82) is 0 Å². The first-order valence-corrected chi connectivity index (χ1v) is 5.97. The van der Waals surface area contributed by atoms with E-state index >= 15 is 0 Å². The predicted octanol–water partition coefficient (Wildman–Crippen LogP) is 3.06. The van der Waals surface area contributed by atoms with E-state index in [0.29, 0.717) is 0 Å². The summed E-state index contributed by atoms with van der Waals surface area (Å²) < 4.78 is 0. The Morgan fingerprint density at radius 3 is 2.88 bits per heavy atom. The van der Waals surface area contributed by atoms with Gasteiger partial charge in [-0.15, -0.1) is 0 Å². The van der Waals surface area contributed by atoms with Crippen LogP contribution in [0.5, 0.6) is 0 Å². The number of halogens is 1. The van der Waals surface area contributed by atoms with E-state index in [4.69, 9.17) is 11.6 Å². The summed E-state index contributed by atoms with van der Waals surface area (Å²) >= 11 is 6.36. The smallest absolute Gasteiger partial charge is 0.248 e. The molecule has 1 heterocycles. The second-order valence-corrected chi connectivity index (χ2v) is 4.70. The lowest BCUT2D eigenvalue weighted by molar-refractivity contribution is 0.687. The van der Waals surface area contributed by atoms with Gasteiger partial charge in [0.25, 0.3) is 0 Å². The third-order valence-corrected chi connectivity index (χ3v) is 3.69. The molecule has 1 aliphatic rings. The number of aromatic amines is 1. The van der Waals surface area contributed by atoms with Crippen LogP contribution >= 0.6 is 11.6 Å². The highest BCUT2D eigenvalue weighted by molar-refractivity contribution is 6.36. The summed E-state index contributed by atoms with van der Waals surface area (Å²) in [6.07, 6.45) is 4.55. The fourth-order valence-electron chi connectivity index (χ4n) is 2.46. The number of H-pyrrole nitrogens is 1. The number of benzene rings is 1. The lowest BCUT2D eigenvalue weighted by atomic mass is 9.90. The molecular formula is C13H12ClNO. The van der Waals surface area contributed by atoms with Gasteiger partial charge in [0, 0.05) is 11.5 Å². The number of pyridine rings is 1. The first kappa shape index (κ1) is 9.91. The minimum atomic E-state index is -0.0924. The number of aromatic nitrogens is 1. The number of hydrogen-bond donors (Lipinski definition) is 1. The van der Waals surface area contributed by atoms with E-state index in [9.17, 15) is 4.79 Å². The second-order valence-electron chi connectivity index (χ2n) is 4.32. The minimum Gasteiger partial charge on any atom is -0.321 e. The molecule has 0 fully saturated rings. The Morgan fingerprint density at radius 1 is 1.19 bits per heavy atom. The molecule has 0 saturated heterocycles. The van der Waals surface area contributed by atoms with Crippen molar-refractivity contribution in [2.24, 2.45) is 0 Å². The molecule has 2 aromatic rings. The monoisotopic (exact) mass is 233 g/mol. The summed E-state index contributed by atoms with van der Waals surface area (Å²) in [5, 5.41) is 1.77. The zero-order chi connectivity index (χ0) is 11.1. The van der Waals surface area contributed by atoms with Crippen molar-refractivity contribution in [3.8, 4) is 0 Å². The maximum atomic E-state index is 11.3. The summed E-state index contributed by atoms with van der Waals surface area (Å²) in [4.78, 5) is 14.1. The Hall–Kier alpha value is -1.28. The maximum Gasteiger partial charge on any atom is 0.248 e. The molecular weight excluding hydrogens is 222 g/mol. The molecule has 1 aliphatic carbocycles. The van der Waals surface area contributed by atoms with Gasteiger partial charge < -0.3 is 4.98 Å². The molecule has 16 heavy (non-hydrogen) atoms. The van der Waals surface area contributed by atoms with Crippen molar-refractivity contribution < 1.29 is 0 Å². The third kappa shape index (κ3) is 1.45. The van der Waals surface area contributed by atoms with Gasteiger partial charge in [-0.25, -0.2) is 0 Å². The highest BCUT2D eigenvalue weighted by Gasteiger charge is 2.15. The van der Waals surface area contributed by atoms with E-state index in [1.54, 1.807) is 6.07 Å². The normalized spacial score (nSPS) is 15.1. The molecule has 0 spiro atoms. The first-order valence-electron chi connectivity index (χ1n) is 5.59. The van der Waals surface area contributed by atoms with Crippen LogP contribution in [0.15, 0.2) is 23.0 Å². The van der Waals surface area contributed by atoms with Crippen LogP contribution in [0.4, 0.5) is 0 Å². The molecule has 0 saturated carbocycles. The molecule has 82 valence electrons. The van der Waals surface area contributed by atoms with Gasteiger partial charge in [0.1, 0.15) is 0 Å². The molecule has 2 nitrogen and oxygen atoms in total. The average Bonchev–Trinajstić information content (AvgIpc) is 2.31. The van der Waals surface area contributed by atoms with Gasteiger partial charge in [-0.05, 0) is 48.9 Å². The molecule has 0 aliphatic heterocycles. The number of rotatable bonds is 0. The van der Waals surface area contributed by atoms with Crippen LogP contribution in [0.2, 0.25) is 5.02 Å². The van der Waals surface area contributed by atoms with Crippen LogP contribution in [0.3, 0.4) is 0 Å². The zero-order valence-electron chi connectivity index (χ0n) is 8.85. The highest BCUT2D eigenvalue weighted by atomic mass is 35.5. The van der Waals surface area contributed by atoms with Gasteiger partial charge in [-0.2, -0.15) is 0 Å². The Labute approximate surface area is 98.3 Å². The number of aryl methyl sites for hydroxylation is 1. The van der Waals surface area contributed by atoms with E-state index in [-0.39, 0.29) is 5.56 Å². The van der Waals surface area contributed by atoms with Crippen molar-refractivity contribution in [1.82, 2.24) is 4.98 Å². The molecule has 3 heteroatoms. The average molecular weight is 234 g/mol. The molecule has 0 amide bonds. The van der Waals surface area contributed by atoms with E-state index in [1.165, 1.54) is 24.0 Å². The van der Waals surface area contributed by atoms with Crippen LogP contribution in [-0.2, 0) is 12.8 Å². The quantitative estimate of drug-likeness (QED) is 0.745. The van der Waals surface area contributed by atoms with Crippen molar-refractivity contribution in [3.05, 3.63) is 44.7 Å². The van der Waals surface area contributed by atoms with E-state index < -0.39 is 0 Å². The van der Waals surface area contributed by atoms with Crippen molar-refractivity contribution in [2.45, 2.75) is 25.7 Å². The number of hydrogen-bond acceptors (Lipinski definition) is 1. The topological polar surface area (TPSA) is 32.9 Å². The van der Waals surface area contributed by atoms with E-state index in [0.717, 1.165) is 28.8 Å². The molecule has 3 rings (SSSR count). The second kappa shape index (κ2) is 3.63. The Morgan fingerprint density at radius 2 is 2.00 bits per heavy atom. The van der Waals surface area contributed by atoms with Crippen LogP contribution in [0, 0.1) is 0 Å². The largest absolute Gasteiger partial charge is 0.321 e. The molecule has 0 bridgehead atoms. The van der Waals surface area contributed by atoms with Crippen molar-refractivity contribution in [2.75, 3.05) is 0 Å². The number of nitrogens with one attached hydrogen (secondary N) is 1.